The predicted octanol–water partition coefficient (Wildman–Crippen LogP) is 2.11. The number of rotatable bonds is 5. The van der Waals surface area contributed by atoms with E-state index in [1.165, 1.54) is 11.0 Å². The van der Waals surface area contributed by atoms with E-state index in [4.69, 9.17) is 4.74 Å². The maximum atomic E-state index is 12.7. The molecule has 0 aliphatic carbocycles. The van der Waals surface area contributed by atoms with Crippen molar-refractivity contribution in [2.75, 3.05) is 12.4 Å². The average molecular weight is 419 g/mol. The Kier molecular flexibility index (Phi) is 5.53. The van der Waals surface area contributed by atoms with E-state index in [1.54, 1.807) is 31.4 Å². The smallest absolute Gasteiger partial charge is 0.255 e. The average Bonchev–Trinajstić information content (AvgIpc) is 3.08. The molecule has 0 spiro atoms. The quantitative estimate of drug-likeness (QED) is 0.571. The van der Waals surface area contributed by atoms with Crippen molar-refractivity contribution in [3.8, 4) is 5.75 Å². The molecule has 0 saturated carbocycles. The summed E-state index contributed by atoms with van der Waals surface area (Å²) in [5.74, 6) is -0.586. The number of hydrogen-bond acceptors (Lipinski definition) is 5. The Bertz CT molecular complexity index is 1090. The fourth-order valence-corrected chi connectivity index (χ4v) is 3.72. The number of benzene rings is 2. The number of piperidine rings is 1. The monoisotopic (exact) mass is 419 g/mol. The zero-order chi connectivity index (χ0) is 22.0. The SMILES string of the molecule is COc1ccc(C=CC(=O)Nc2ccc3c(c2)CN(C2CCC(=O)NC2=O)C3=O)cc1. The Hall–Kier alpha value is -3.94. The topological polar surface area (TPSA) is 105 Å². The molecule has 1 fully saturated rings. The van der Waals surface area contributed by atoms with Crippen molar-refractivity contribution in [1.29, 1.82) is 0 Å². The molecule has 2 aliphatic heterocycles. The van der Waals surface area contributed by atoms with Crippen molar-refractivity contribution in [2.24, 2.45) is 0 Å². The number of nitrogens with one attached hydrogen (secondary N) is 2. The first-order valence-electron chi connectivity index (χ1n) is 9.85. The number of carbonyl (C=O) groups excluding carboxylic acids is 4. The summed E-state index contributed by atoms with van der Waals surface area (Å²) in [7, 11) is 1.59. The third-order valence-electron chi connectivity index (χ3n) is 5.33. The van der Waals surface area contributed by atoms with Gasteiger partial charge in [0.25, 0.3) is 5.91 Å². The Labute approximate surface area is 178 Å². The van der Waals surface area contributed by atoms with Gasteiger partial charge in [-0.25, -0.2) is 0 Å². The molecule has 2 N–H and O–H groups in total. The summed E-state index contributed by atoms with van der Waals surface area (Å²) in [6, 6.07) is 11.7. The standard InChI is InChI=1S/C23H21N3O5/c1-31-17-6-2-14(3-7-17)4-10-20(27)24-16-5-8-18-15(12-16)13-26(23(18)30)19-9-11-21(28)25-22(19)29/h2-8,10,12,19H,9,11,13H2,1H3,(H,24,27)(H,25,28,29). The minimum absolute atomic E-state index is 0.207. The molecular weight excluding hydrogens is 398 g/mol. The minimum Gasteiger partial charge on any atom is -0.497 e. The third-order valence-corrected chi connectivity index (χ3v) is 5.33. The van der Waals surface area contributed by atoms with E-state index in [1.807, 2.05) is 24.3 Å². The Morgan fingerprint density at radius 2 is 1.94 bits per heavy atom. The molecule has 1 saturated heterocycles. The summed E-state index contributed by atoms with van der Waals surface area (Å²) in [6.45, 7) is 0.256. The third kappa shape index (κ3) is 4.32. The first-order valence-corrected chi connectivity index (χ1v) is 9.85. The van der Waals surface area contributed by atoms with Crippen molar-refractivity contribution >= 4 is 35.4 Å². The highest BCUT2D eigenvalue weighted by Gasteiger charge is 2.39. The molecule has 158 valence electrons. The molecule has 31 heavy (non-hydrogen) atoms. The second kappa shape index (κ2) is 8.43. The number of hydrogen-bond donors (Lipinski definition) is 2. The number of methoxy groups -OCH3 is 1. The van der Waals surface area contributed by atoms with E-state index in [9.17, 15) is 19.2 Å². The molecule has 0 radical (unpaired) electrons. The molecule has 2 aliphatic rings. The van der Waals surface area contributed by atoms with E-state index < -0.39 is 11.9 Å². The second-order valence-corrected chi connectivity index (χ2v) is 7.37. The molecule has 8 heteroatoms. The highest BCUT2D eigenvalue weighted by molar-refractivity contribution is 6.06. The van der Waals surface area contributed by atoms with Crippen LogP contribution in [0.3, 0.4) is 0 Å². The normalized spacial score (nSPS) is 18.2. The largest absolute Gasteiger partial charge is 0.497 e. The van der Waals surface area contributed by atoms with Gasteiger partial charge in [0, 0.05) is 30.3 Å². The summed E-state index contributed by atoms with van der Waals surface area (Å²) in [5.41, 5.74) is 2.64. The lowest BCUT2D eigenvalue weighted by atomic mass is 10.0. The van der Waals surface area contributed by atoms with Gasteiger partial charge >= 0.3 is 0 Å². The van der Waals surface area contributed by atoms with E-state index in [2.05, 4.69) is 10.6 Å². The lowest BCUT2D eigenvalue weighted by molar-refractivity contribution is -0.136. The van der Waals surface area contributed by atoms with Crippen molar-refractivity contribution in [3.63, 3.8) is 0 Å². The van der Waals surface area contributed by atoms with Crippen LogP contribution in [-0.4, -0.2) is 41.7 Å². The summed E-state index contributed by atoms with van der Waals surface area (Å²) >= 11 is 0. The van der Waals surface area contributed by atoms with Crippen LogP contribution in [0.15, 0.2) is 48.5 Å². The maximum Gasteiger partial charge on any atom is 0.255 e. The molecule has 0 bridgehead atoms. The highest BCUT2D eigenvalue weighted by atomic mass is 16.5. The molecule has 2 aromatic rings. The van der Waals surface area contributed by atoms with E-state index >= 15 is 0 Å². The molecule has 1 atom stereocenters. The lowest BCUT2D eigenvalue weighted by Crippen LogP contribution is -2.52. The summed E-state index contributed by atoms with van der Waals surface area (Å²) in [6.07, 6.45) is 3.63. The minimum atomic E-state index is -0.664. The van der Waals surface area contributed by atoms with Gasteiger partial charge in [-0.05, 0) is 54.0 Å². The molecular formula is C23H21N3O5. The van der Waals surface area contributed by atoms with Crippen LogP contribution in [0.2, 0.25) is 0 Å². The molecule has 8 nitrogen and oxygen atoms in total. The van der Waals surface area contributed by atoms with Crippen LogP contribution in [0.25, 0.3) is 6.08 Å². The number of nitrogens with zero attached hydrogens (tertiary/aromatic N) is 1. The summed E-state index contributed by atoms with van der Waals surface area (Å²) in [5, 5.41) is 5.07. The molecule has 2 aromatic carbocycles. The van der Waals surface area contributed by atoms with Gasteiger partial charge in [-0.3, -0.25) is 24.5 Å². The van der Waals surface area contributed by atoms with Crippen LogP contribution in [-0.2, 0) is 20.9 Å². The van der Waals surface area contributed by atoms with Crippen LogP contribution in [0.1, 0.15) is 34.3 Å². The van der Waals surface area contributed by atoms with E-state index in [0.29, 0.717) is 17.7 Å². The molecule has 4 rings (SSSR count). The molecule has 0 aromatic heterocycles. The van der Waals surface area contributed by atoms with Gasteiger partial charge in [-0.1, -0.05) is 12.1 Å². The Balaban J connectivity index is 1.42. The first-order chi connectivity index (χ1) is 14.9. The fraction of sp³-hybridized carbons (Fsp3) is 0.217. The van der Waals surface area contributed by atoms with Crippen LogP contribution >= 0.6 is 0 Å². The highest BCUT2D eigenvalue weighted by Crippen LogP contribution is 2.29. The van der Waals surface area contributed by atoms with Gasteiger partial charge in [0.1, 0.15) is 11.8 Å². The number of carbonyl (C=O) groups is 4. The zero-order valence-corrected chi connectivity index (χ0v) is 16.9. The lowest BCUT2D eigenvalue weighted by Gasteiger charge is -2.29. The van der Waals surface area contributed by atoms with Gasteiger partial charge < -0.3 is 15.0 Å². The van der Waals surface area contributed by atoms with Gasteiger partial charge in [0.2, 0.25) is 17.7 Å². The molecule has 1 unspecified atom stereocenters. The number of imide groups is 1. The Morgan fingerprint density at radius 1 is 1.16 bits per heavy atom. The maximum absolute atomic E-state index is 12.7. The van der Waals surface area contributed by atoms with Crippen LogP contribution in [0, 0.1) is 0 Å². The van der Waals surface area contributed by atoms with Crippen molar-refractivity contribution in [3.05, 3.63) is 65.2 Å². The number of anilines is 1. The first kappa shape index (κ1) is 20.3. The van der Waals surface area contributed by atoms with Crippen molar-refractivity contribution in [2.45, 2.75) is 25.4 Å². The van der Waals surface area contributed by atoms with Crippen LogP contribution in [0.5, 0.6) is 5.75 Å². The number of ether oxygens (including phenoxy) is 1. The van der Waals surface area contributed by atoms with Crippen LogP contribution < -0.4 is 15.4 Å². The zero-order valence-electron chi connectivity index (χ0n) is 16.9. The number of fused-ring (bicyclic) bond motifs is 1. The van der Waals surface area contributed by atoms with Crippen molar-refractivity contribution < 1.29 is 23.9 Å². The molecule has 4 amide bonds. The summed E-state index contributed by atoms with van der Waals surface area (Å²) in [4.78, 5) is 50.0. The molecule has 2 heterocycles. The second-order valence-electron chi connectivity index (χ2n) is 7.37. The van der Waals surface area contributed by atoms with Crippen LogP contribution in [0.4, 0.5) is 5.69 Å². The Morgan fingerprint density at radius 3 is 2.65 bits per heavy atom. The van der Waals surface area contributed by atoms with Gasteiger partial charge in [-0.2, -0.15) is 0 Å². The van der Waals surface area contributed by atoms with Gasteiger partial charge in [0.15, 0.2) is 0 Å². The van der Waals surface area contributed by atoms with E-state index in [-0.39, 0.29) is 30.7 Å². The summed E-state index contributed by atoms with van der Waals surface area (Å²) < 4.78 is 5.11. The van der Waals surface area contributed by atoms with E-state index in [0.717, 1.165) is 16.9 Å². The number of amides is 4. The fourth-order valence-electron chi connectivity index (χ4n) is 3.72. The van der Waals surface area contributed by atoms with Gasteiger partial charge in [0.05, 0.1) is 7.11 Å². The predicted molar refractivity (Wildman–Crippen MR) is 113 cm³/mol. The van der Waals surface area contributed by atoms with Gasteiger partial charge in [-0.15, -0.1) is 0 Å². The van der Waals surface area contributed by atoms with Crippen molar-refractivity contribution in [1.82, 2.24) is 10.2 Å².